The summed E-state index contributed by atoms with van der Waals surface area (Å²) in [7, 11) is 1.09. The number of hydrogen-bond donors (Lipinski definition) is 1. The van der Waals surface area contributed by atoms with Crippen LogP contribution >= 0.6 is 0 Å². The van der Waals surface area contributed by atoms with Gasteiger partial charge in [-0.1, -0.05) is 16.6 Å². The fourth-order valence-corrected chi connectivity index (χ4v) is 1.58. The van der Waals surface area contributed by atoms with Gasteiger partial charge in [0, 0.05) is 24.1 Å². The topological polar surface area (TPSA) is 36.1 Å². The number of aromatic amines is 1. The fourth-order valence-electron chi connectivity index (χ4n) is 1.58. The molecule has 0 aliphatic heterocycles. The molecule has 0 radical (unpaired) electrons. The number of amides is 1. The Morgan fingerprint density at radius 3 is 2.87 bits per heavy atom. The van der Waals surface area contributed by atoms with Crippen LogP contribution in [0, 0.1) is 6.92 Å². The van der Waals surface area contributed by atoms with Gasteiger partial charge in [0.1, 0.15) is 0 Å². The molecule has 15 heavy (non-hydrogen) atoms. The molecule has 0 saturated heterocycles. The van der Waals surface area contributed by atoms with Crippen molar-refractivity contribution in [1.82, 2.24) is 10.1 Å². The number of benzene rings is 1. The number of carbonyl (C=O) groups is 1. The number of aryl methyl sites for hydroxylation is 1. The van der Waals surface area contributed by atoms with Crippen molar-refractivity contribution in [3.8, 4) is 0 Å². The molecule has 3 nitrogen and oxygen atoms in total. The van der Waals surface area contributed by atoms with Gasteiger partial charge in [-0.2, -0.15) is 5.12 Å². The number of halogens is 1. The number of hydrogen-bond acceptors (Lipinski definition) is 1. The Labute approximate surface area is 86.4 Å². The number of nitrogens with one attached hydrogen (secondary N) is 1. The second-order valence-corrected chi connectivity index (χ2v) is 3.53. The van der Waals surface area contributed by atoms with Crippen LogP contribution in [0.3, 0.4) is 0 Å². The monoisotopic (exact) mass is 206 g/mol. The molecule has 2 aromatic rings. The molecule has 1 aromatic heterocycles. The molecule has 0 atom stereocenters. The molecule has 0 fully saturated rings. The first-order chi connectivity index (χ1) is 7.09. The number of rotatable bonds is 1. The summed E-state index contributed by atoms with van der Waals surface area (Å²) < 4.78 is 12.7. The molecule has 2 rings (SSSR count). The molecule has 0 unspecified atom stereocenters. The lowest BCUT2D eigenvalue weighted by Gasteiger charge is -2.03. The Bertz CT molecular complexity index is 516. The quantitative estimate of drug-likeness (QED) is 0.715. The molecular weight excluding hydrogens is 195 g/mol. The van der Waals surface area contributed by atoms with Gasteiger partial charge >= 0.3 is 0 Å². The number of aromatic nitrogens is 1. The second kappa shape index (κ2) is 3.38. The first-order valence-corrected chi connectivity index (χ1v) is 4.61. The number of nitrogens with zero attached hydrogens (tertiary/aromatic N) is 1. The first kappa shape index (κ1) is 9.71. The summed E-state index contributed by atoms with van der Waals surface area (Å²) in [6.07, 6.45) is 1.53. The van der Waals surface area contributed by atoms with Crippen molar-refractivity contribution < 1.29 is 9.28 Å². The summed E-state index contributed by atoms with van der Waals surface area (Å²) >= 11 is 0. The van der Waals surface area contributed by atoms with E-state index in [0.717, 1.165) is 23.5 Å². The maximum Gasteiger partial charge on any atom is 0.283 e. The van der Waals surface area contributed by atoms with E-state index < -0.39 is 5.91 Å². The van der Waals surface area contributed by atoms with E-state index in [2.05, 4.69) is 4.98 Å². The molecule has 1 aromatic carbocycles. The fraction of sp³-hybridized carbons (Fsp3) is 0.182. The van der Waals surface area contributed by atoms with E-state index in [1.54, 1.807) is 0 Å². The second-order valence-electron chi connectivity index (χ2n) is 3.53. The molecular formula is C11H11FN2O. The summed E-state index contributed by atoms with van der Waals surface area (Å²) in [5.74, 6) is -0.634. The molecule has 0 aliphatic carbocycles. The summed E-state index contributed by atoms with van der Waals surface area (Å²) in [6.45, 7) is 1.96. The SMILES string of the molecule is Cc1ccc2c(C(=O)N(C)F)c[nH]c2c1. The van der Waals surface area contributed by atoms with Gasteiger partial charge < -0.3 is 4.98 Å². The van der Waals surface area contributed by atoms with Crippen molar-refractivity contribution >= 4 is 16.8 Å². The highest BCUT2D eigenvalue weighted by molar-refractivity contribution is 6.06. The Morgan fingerprint density at radius 2 is 2.20 bits per heavy atom. The highest BCUT2D eigenvalue weighted by atomic mass is 19.2. The van der Waals surface area contributed by atoms with Crippen LogP contribution in [0.1, 0.15) is 15.9 Å². The molecule has 1 amide bonds. The zero-order chi connectivity index (χ0) is 11.0. The van der Waals surface area contributed by atoms with Gasteiger partial charge in [-0.15, -0.1) is 0 Å². The van der Waals surface area contributed by atoms with E-state index in [9.17, 15) is 9.28 Å². The van der Waals surface area contributed by atoms with Gasteiger partial charge in [-0.05, 0) is 18.6 Å². The van der Waals surface area contributed by atoms with Gasteiger partial charge in [-0.3, -0.25) is 4.79 Å². The Morgan fingerprint density at radius 1 is 1.47 bits per heavy atom. The molecule has 1 N–H and O–H groups in total. The normalized spacial score (nSPS) is 10.6. The van der Waals surface area contributed by atoms with Gasteiger partial charge in [0.05, 0.1) is 5.56 Å². The van der Waals surface area contributed by atoms with Gasteiger partial charge in [0.25, 0.3) is 5.91 Å². The smallest absolute Gasteiger partial charge is 0.283 e. The van der Waals surface area contributed by atoms with Crippen molar-refractivity contribution in [2.75, 3.05) is 7.05 Å². The first-order valence-electron chi connectivity index (χ1n) is 4.61. The molecule has 1 heterocycles. The summed E-state index contributed by atoms with van der Waals surface area (Å²) in [4.78, 5) is 14.4. The van der Waals surface area contributed by atoms with Gasteiger partial charge in [0.15, 0.2) is 0 Å². The number of H-pyrrole nitrogens is 1. The minimum Gasteiger partial charge on any atom is -0.360 e. The van der Waals surface area contributed by atoms with E-state index >= 15 is 0 Å². The van der Waals surface area contributed by atoms with Crippen LogP contribution in [0.15, 0.2) is 24.4 Å². The Hall–Kier alpha value is -1.84. The minimum absolute atomic E-state index is 0.0858. The third kappa shape index (κ3) is 1.58. The van der Waals surface area contributed by atoms with Crippen molar-refractivity contribution in [3.05, 3.63) is 35.5 Å². The summed E-state index contributed by atoms with van der Waals surface area (Å²) in [5, 5.41) is 0.831. The zero-order valence-corrected chi connectivity index (χ0v) is 8.54. The molecule has 0 spiro atoms. The molecule has 78 valence electrons. The van der Waals surface area contributed by atoms with Crippen molar-refractivity contribution in [1.29, 1.82) is 0 Å². The average molecular weight is 206 g/mol. The van der Waals surface area contributed by atoms with Crippen LogP contribution in [-0.2, 0) is 0 Å². The third-order valence-electron chi connectivity index (χ3n) is 2.35. The zero-order valence-electron chi connectivity index (χ0n) is 8.54. The number of carbonyl (C=O) groups excluding carboxylic acids is 1. The minimum atomic E-state index is -0.634. The Balaban J connectivity index is 2.59. The molecule has 4 heteroatoms. The van der Waals surface area contributed by atoms with Gasteiger partial charge in [-0.25, -0.2) is 0 Å². The Kier molecular flexibility index (Phi) is 2.19. The molecule has 0 bridgehead atoms. The van der Waals surface area contributed by atoms with Crippen LogP contribution in [-0.4, -0.2) is 23.1 Å². The number of fused-ring (bicyclic) bond motifs is 1. The predicted octanol–water partition coefficient (Wildman–Crippen LogP) is 2.43. The van der Waals surface area contributed by atoms with Crippen LogP contribution in [0.25, 0.3) is 10.9 Å². The van der Waals surface area contributed by atoms with E-state index in [-0.39, 0.29) is 5.12 Å². The largest absolute Gasteiger partial charge is 0.360 e. The average Bonchev–Trinajstić information content (AvgIpc) is 2.59. The summed E-state index contributed by atoms with van der Waals surface area (Å²) in [6, 6.07) is 5.63. The van der Waals surface area contributed by atoms with Crippen LogP contribution < -0.4 is 0 Å². The predicted molar refractivity (Wildman–Crippen MR) is 56.2 cm³/mol. The maximum atomic E-state index is 12.7. The lowest BCUT2D eigenvalue weighted by Crippen LogP contribution is -2.16. The lowest BCUT2D eigenvalue weighted by molar-refractivity contribution is 0.0345. The highest BCUT2D eigenvalue weighted by Gasteiger charge is 2.15. The lowest BCUT2D eigenvalue weighted by atomic mass is 10.1. The third-order valence-corrected chi connectivity index (χ3v) is 2.35. The van der Waals surface area contributed by atoms with E-state index in [4.69, 9.17) is 0 Å². The van der Waals surface area contributed by atoms with Crippen LogP contribution in [0.4, 0.5) is 4.48 Å². The van der Waals surface area contributed by atoms with Crippen LogP contribution in [0.5, 0.6) is 0 Å². The van der Waals surface area contributed by atoms with Crippen LogP contribution in [0.2, 0.25) is 0 Å². The van der Waals surface area contributed by atoms with Crippen molar-refractivity contribution in [2.45, 2.75) is 6.92 Å². The highest BCUT2D eigenvalue weighted by Crippen LogP contribution is 2.20. The standard InChI is InChI=1S/C11H11FN2O/c1-7-3-4-8-9(11(15)14(2)12)6-13-10(8)5-7/h3-6,13H,1-2H3. The van der Waals surface area contributed by atoms with E-state index in [1.807, 2.05) is 25.1 Å². The van der Waals surface area contributed by atoms with E-state index in [1.165, 1.54) is 6.20 Å². The van der Waals surface area contributed by atoms with Crippen molar-refractivity contribution in [3.63, 3.8) is 0 Å². The van der Waals surface area contributed by atoms with E-state index in [0.29, 0.717) is 5.56 Å². The van der Waals surface area contributed by atoms with Crippen molar-refractivity contribution in [2.24, 2.45) is 0 Å². The summed E-state index contributed by atoms with van der Waals surface area (Å²) in [5.41, 5.74) is 2.30. The molecule has 0 saturated carbocycles. The molecule has 0 aliphatic rings. The maximum absolute atomic E-state index is 12.7. The van der Waals surface area contributed by atoms with Gasteiger partial charge in [0.2, 0.25) is 0 Å².